The zero-order chi connectivity index (χ0) is 18.3. The average Bonchev–Trinajstić information content (AvgIpc) is 3.14. The Bertz CT molecular complexity index is 991. The molecular weight excluding hydrogens is 332 g/mol. The van der Waals surface area contributed by atoms with Gasteiger partial charge in [-0.05, 0) is 36.4 Å². The second-order valence-corrected chi connectivity index (χ2v) is 6.09. The number of para-hydroxylation sites is 1. The number of rotatable bonds is 3. The van der Waals surface area contributed by atoms with Crippen molar-refractivity contribution in [3.63, 3.8) is 0 Å². The van der Waals surface area contributed by atoms with Crippen LogP contribution >= 0.6 is 0 Å². The molecule has 1 aliphatic heterocycles. The van der Waals surface area contributed by atoms with Gasteiger partial charge in [-0.2, -0.15) is 0 Å². The SMILES string of the molecule is CN1C(=O)c2ccccc2N[C@@H]1c1ccc(-c2ccc(C(=O)O)cc2)o1. The van der Waals surface area contributed by atoms with E-state index in [9.17, 15) is 9.59 Å². The lowest BCUT2D eigenvalue weighted by molar-refractivity contribution is 0.0694. The normalized spacial score (nSPS) is 16.1. The van der Waals surface area contributed by atoms with E-state index in [1.807, 2.05) is 30.3 Å². The van der Waals surface area contributed by atoms with Crippen molar-refractivity contribution in [2.45, 2.75) is 6.17 Å². The van der Waals surface area contributed by atoms with Gasteiger partial charge in [0.25, 0.3) is 5.91 Å². The second kappa shape index (κ2) is 6.07. The molecule has 26 heavy (non-hydrogen) atoms. The molecular formula is C20H16N2O4. The van der Waals surface area contributed by atoms with E-state index in [1.165, 1.54) is 12.1 Å². The van der Waals surface area contributed by atoms with Gasteiger partial charge >= 0.3 is 5.97 Å². The van der Waals surface area contributed by atoms with E-state index in [-0.39, 0.29) is 11.5 Å². The monoisotopic (exact) mass is 348 g/mol. The van der Waals surface area contributed by atoms with Gasteiger partial charge < -0.3 is 19.7 Å². The summed E-state index contributed by atoms with van der Waals surface area (Å²) in [5.41, 5.74) is 2.38. The maximum absolute atomic E-state index is 12.6. The predicted molar refractivity (Wildman–Crippen MR) is 96.0 cm³/mol. The quantitative estimate of drug-likeness (QED) is 0.751. The largest absolute Gasteiger partial charge is 0.478 e. The van der Waals surface area contributed by atoms with Gasteiger partial charge in [-0.15, -0.1) is 0 Å². The van der Waals surface area contributed by atoms with Crippen molar-refractivity contribution < 1.29 is 19.1 Å². The number of hydrogen-bond donors (Lipinski definition) is 2. The number of furan rings is 1. The number of nitrogens with one attached hydrogen (secondary N) is 1. The fourth-order valence-electron chi connectivity index (χ4n) is 3.04. The molecule has 6 nitrogen and oxygen atoms in total. The third-order valence-electron chi connectivity index (χ3n) is 4.47. The van der Waals surface area contributed by atoms with E-state index in [0.29, 0.717) is 17.1 Å². The molecule has 0 bridgehead atoms. The molecule has 1 aliphatic rings. The van der Waals surface area contributed by atoms with Crippen LogP contribution in [0.25, 0.3) is 11.3 Å². The van der Waals surface area contributed by atoms with Gasteiger partial charge in [-0.25, -0.2) is 4.79 Å². The molecule has 0 unspecified atom stereocenters. The van der Waals surface area contributed by atoms with Crippen LogP contribution in [-0.2, 0) is 0 Å². The van der Waals surface area contributed by atoms with Gasteiger partial charge in [0.15, 0.2) is 6.17 Å². The molecule has 0 saturated carbocycles. The highest BCUT2D eigenvalue weighted by atomic mass is 16.4. The molecule has 2 aromatic carbocycles. The molecule has 1 amide bonds. The molecule has 3 aromatic rings. The number of benzene rings is 2. The Hall–Kier alpha value is -3.54. The van der Waals surface area contributed by atoms with E-state index < -0.39 is 12.1 Å². The lowest BCUT2D eigenvalue weighted by Gasteiger charge is -2.33. The lowest BCUT2D eigenvalue weighted by atomic mass is 10.1. The summed E-state index contributed by atoms with van der Waals surface area (Å²) in [6, 6.07) is 17.4. The van der Waals surface area contributed by atoms with E-state index in [1.54, 1.807) is 30.1 Å². The van der Waals surface area contributed by atoms with Gasteiger partial charge in [0.2, 0.25) is 0 Å². The van der Waals surface area contributed by atoms with Crippen molar-refractivity contribution >= 4 is 17.6 Å². The van der Waals surface area contributed by atoms with Crippen LogP contribution in [0.1, 0.15) is 32.6 Å². The summed E-state index contributed by atoms with van der Waals surface area (Å²) >= 11 is 0. The van der Waals surface area contributed by atoms with Gasteiger partial charge in [-0.1, -0.05) is 24.3 Å². The van der Waals surface area contributed by atoms with Crippen LogP contribution in [0.4, 0.5) is 5.69 Å². The summed E-state index contributed by atoms with van der Waals surface area (Å²) in [6.07, 6.45) is -0.413. The van der Waals surface area contributed by atoms with Gasteiger partial charge in [0.05, 0.1) is 11.1 Å². The Balaban J connectivity index is 1.64. The average molecular weight is 348 g/mol. The minimum Gasteiger partial charge on any atom is -0.478 e. The molecule has 0 aliphatic carbocycles. The lowest BCUT2D eigenvalue weighted by Crippen LogP contribution is -2.39. The number of aromatic carboxylic acids is 1. The van der Waals surface area contributed by atoms with Crippen LogP contribution in [0.3, 0.4) is 0 Å². The summed E-state index contributed by atoms with van der Waals surface area (Å²) in [6.45, 7) is 0. The first-order valence-electron chi connectivity index (χ1n) is 8.11. The van der Waals surface area contributed by atoms with Crippen LogP contribution in [-0.4, -0.2) is 28.9 Å². The molecule has 2 N–H and O–H groups in total. The second-order valence-electron chi connectivity index (χ2n) is 6.09. The van der Waals surface area contributed by atoms with Crippen molar-refractivity contribution in [2.24, 2.45) is 0 Å². The molecule has 6 heteroatoms. The third-order valence-corrected chi connectivity index (χ3v) is 4.47. The molecule has 1 atom stereocenters. The van der Waals surface area contributed by atoms with Crippen molar-refractivity contribution in [1.82, 2.24) is 4.90 Å². The zero-order valence-electron chi connectivity index (χ0n) is 14.0. The first-order valence-corrected chi connectivity index (χ1v) is 8.11. The van der Waals surface area contributed by atoms with Crippen LogP contribution in [0.2, 0.25) is 0 Å². The standard InChI is InChI=1S/C20H16N2O4/c1-22-18(21-15-5-3-2-4-14(15)19(22)23)17-11-10-16(26-17)12-6-8-13(9-7-12)20(24)25/h2-11,18,21H,1H3,(H,24,25)/t18-/m0/s1. The third kappa shape index (κ3) is 2.61. The number of anilines is 1. The number of hydrogen-bond acceptors (Lipinski definition) is 4. The number of carboxylic acid groups (broad SMARTS) is 1. The Labute approximate surface area is 149 Å². The van der Waals surface area contributed by atoms with Crippen molar-refractivity contribution in [2.75, 3.05) is 12.4 Å². The first-order chi connectivity index (χ1) is 12.5. The van der Waals surface area contributed by atoms with E-state index in [0.717, 1.165) is 11.3 Å². The maximum Gasteiger partial charge on any atom is 0.335 e. The Morgan fingerprint density at radius 2 is 1.81 bits per heavy atom. The fraction of sp³-hybridized carbons (Fsp3) is 0.100. The van der Waals surface area contributed by atoms with Crippen LogP contribution in [0, 0.1) is 0 Å². The smallest absolute Gasteiger partial charge is 0.335 e. The molecule has 0 saturated heterocycles. The molecule has 4 rings (SSSR count). The van der Waals surface area contributed by atoms with E-state index >= 15 is 0 Å². The number of nitrogens with zero attached hydrogens (tertiary/aromatic N) is 1. The zero-order valence-corrected chi connectivity index (χ0v) is 14.0. The fourth-order valence-corrected chi connectivity index (χ4v) is 3.04. The highest BCUT2D eigenvalue weighted by molar-refractivity contribution is 6.01. The number of amides is 1. The molecule has 1 aromatic heterocycles. The minimum absolute atomic E-state index is 0.0758. The molecule has 0 spiro atoms. The first kappa shape index (κ1) is 16.0. The summed E-state index contributed by atoms with van der Waals surface area (Å²) in [4.78, 5) is 25.1. The number of carboxylic acids is 1. The van der Waals surface area contributed by atoms with Crippen LogP contribution < -0.4 is 5.32 Å². The summed E-state index contributed by atoms with van der Waals surface area (Å²) in [5.74, 6) is 0.168. The van der Waals surface area contributed by atoms with Gasteiger partial charge in [-0.3, -0.25) is 4.79 Å². The van der Waals surface area contributed by atoms with Gasteiger partial charge in [0.1, 0.15) is 11.5 Å². The highest BCUT2D eigenvalue weighted by Gasteiger charge is 2.31. The highest BCUT2D eigenvalue weighted by Crippen LogP contribution is 2.34. The van der Waals surface area contributed by atoms with E-state index in [4.69, 9.17) is 9.52 Å². The summed E-state index contributed by atoms with van der Waals surface area (Å²) in [5, 5.41) is 12.3. The topological polar surface area (TPSA) is 82.8 Å². The molecule has 130 valence electrons. The Morgan fingerprint density at radius 3 is 2.54 bits per heavy atom. The van der Waals surface area contributed by atoms with Crippen molar-refractivity contribution in [1.29, 1.82) is 0 Å². The summed E-state index contributed by atoms with van der Waals surface area (Å²) in [7, 11) is 1.72. The van der Waals surface area contributed by atoms with Crippen LogP contribution in [0.5, 0.6) is 0 Å². The minimum atomic E-state index is -0.970. The van der Waals surface area contributed by atoms with Crippen molar-refractivity contribution in [3.8, 4) is 11.3 Å². The van der Waals surface area contributed by atoms with Crippen LogP contribution in [0.15, 0.2) is 65.1 Å². The Kier molecular flexibility index (Phi) is 3.73. The molecule has 0 radical (unpaired) electrons. The number of fused-ring (bicyclic) bond motifs is 1. The molecule has 0 fully saturated rings. The number of carbonyl (C=O) groups is 2. The molecule has 2 heterocycles. The summed E-state index contributed by atoms with van der Waals surface area (Å²) < 4.78 is 5.94. The van der Waals surface area contributed by atoms with Gasteiger partial charge in [0, 0.05) is 18.3 Å². The number of carbonyl (C=O) groups excluding carboxylic acids is 1. The predicted octanol–water partition coefficient (Wildman–Crippen LogP) is 3.84. The maximum atomic E-state index is 12.6. The Morgan fingerprint density at radius 1 is 1.08 bits per heavy atom. The van der Waals surface area contributed by atoms with E-state index in [2.05, 4.69) is 5.32 Å². The van der Waals surface area contributed by atoms with Crippen molar-refractivity contribution in [3.05, 3.63) is 77.6 Å².